The van der Waals surface area contributed by atoms with E-state index in [0.717, 1.165) is 0 Å². The van der Waals surface area contributed by atoms with Crippen LogP contribution >= 0.6 is 11.6 Å². The molecule has 0 aromatic heterocycles. The summed E-state index contributed by atoms with van der Waals surface area (Å²) in [6.45, 7) is 8.11. The van der Waals surface area contributed by atoms with Crippen molar-refractivity contribution in [2.75, 3.05) is 19.1 Å². The maximum Gasteiger partial charge on any atom is 0.187 e. The van der Waals surface area contributed by atoms with Gasteiger partial charge in [-0.2, -0.15) is 0 Å². The first-order chi connectivity index (χ1) is 10.3. The molecule has 3 rings (SSSR count). The number of ether oxygens (including phenoxy) is 6. The van der Waals surface area contributed by atoms with Crippen molar-refractivity contribution in [3.63, 3.8) is 0 Å². The molecule has 0 aromatic rings. The molecule has 3 heterocycles. The summed E-state index contributed by atoms with van der Waals surface area (Å²) in [6.07, 6.45) is 0.382. The molecule has 7 atom stereocenters. The molecular weight excluding hydrogens is 300 g/mol. The van der Waals surface area contributed by atoms with Gasteiger partial charge >= 0.3 is 0 Å². The van der Waals surface area contributed by atoms with Crippen LogP contribution in [-0.2, 0) is 28.4 Å². The van der Waals surface area contributed by atoms with Gasteiger partial charge in [0.2, 0.25) is 0 Å². The maximum atomic E-state index is 5.89. The molecule has 118 valence electrons. The van der Waals surface area contributed by atoms with Crippen molar-refractivity contribution in [3.05, 3.63) is 25.3 Å². The van der Waals surface area contributed by atoms with Crippen molar-refractivity contribution < 1.29 is 28.4 Å². The van der Waals surface area contributed by atoms with Gasteiger partial charge in [-0.25, -0.2) is 0 Å². The minimum atomic E-state index is -0.563. The summed E-state index contributed by atoms with van der Waals surface area (Å²) in [5.41, 5.74) is 0. The zero-order chi connectivity index (χ0) is 14.8. The lowest BCUT2D eigenvalue weighted by molar-refractivity contribution is -0.334. The molecule has 0 aromatic carbocycles. The van der Waals surface area contributed by atoms with E-state index in [1.807, 2.05) is 0 Å². The molecule has 0 saturated carbocycles. The second kappa shape index (κ2) is 6.75. The standard InChI is InChI=1S/C14H19ClO6/c1-3-9-17-7-8-11(19-9)12-13(21-10(4-2)20-12)14(18-8)16-6-5-15/h3-4,8-14H,1-2,5-7H2/t8-,9+,10+,11+,12-,13+,14-/m0/s1. The number of fused-ring (bicyclic) bond motifs is 3. The third-order valence-corrected chi connectivity index (χ3v) is 3.79. The summed E-state index contributed by atoms with van der Waals surface area (Å²) in [5.74, 6) is 0.378. The first-order valence-corrected chi connectivity index (χ1v) is 7.46. The molecule has 7 heteroatoms. The molecule has 0 unspecified atom stereocenters. The lowest BCUT2D eigenvalue weighted by Gasteiger charge is -2.45. The normalized spacial score (nSPS) is 45.7. The Morgan fingerprint density at radius 2 is 1.71 bits per heavy atom. The summed E-state index contributed by atoms with van der Waals surface area (Å²) in [7, 11) is 0. The van der Waals surface area contributed by atoms with Crippen LogP contribution in [0.25, 0.3) is 0 Å². The van der Waals surface area contributed by atoms with Crippen LogP contribution in [0.1, 0.15) is 0 Å². The Bertz CT molecular complexity index is 392. The van der Waals surface area contributed by atoms with Gasteiger partial charge in [0.05, 0.1) is 13.2 Å². The molecule has 3 saturated heterocycles. The summed E-state index contributed by atoms with van der Waals surface area (Å²) < 4.78 is 34.4. The molecule has 0 N–H and O–H groups in total. The van der Waals surface area contributed by atoms with E-state index in [2.05, 4.69) is 13.2 Å². The van der Waals surface area contributed by atoms with Crippen molar-refractivity contribution in [1.29, 1.82) is 0 Å². The topological polar surface area (TPSA) is 55.4 Å². The fourth-order valence-electron chi connectivity index (χ4n) is 2.73. The minimum Gasteiger partial charge on any atom is -0.349 e. The van der Waals surface area contributed by atoms with E-state index >= 15 is 0 Å². The van der Waals surface area contributed by atoms with Crippen LogP contribution in [0.4, 0.5) is 0 Å². The molecule has 3 fully saturated rings. The van der Waals surface area contributed by atoms with Gasteiger partial charge in [0, 0.05) is 5.88 Å². The van der Waals surface area contributed by atoms with Gasteiger partial charge in [0.15, 0.2) is 18.9 Å². The molecule has 0 radical (unpaired) electrons. The van der Waals surface area contributed by atoms with Crippen molar-refractivity contribution >= 4 is 11.6 Å². The molecule has 6 nitrogen and oxygen atoms in total. The molecule has 21 heavy (non-hydrogen) atoms. The molecule has 0 amide bonds. The smallest absolute Gasteiger partial charge is 0.187 e. The Balaban J connectivity index is 1.76. The summed E-state index contributed by atoms with van der Waals surface area (Å²) in [5, 5.41) is 0. The third kappa shape index (κ3) is 3.03. The second-order valence-electron chi connectivity index (χ2n) is 4.95. The van der Waals surface area contributed by atoms with E-state index in [1.165, 1.54) is 0 Å². The molecular formula is C14H19ClO6. The SMILES string of the molecule is C=C[C@@H]1O[C@@H]2[C@@H](O1)[C@@H](OCCCl)O[C@H]1CO[C@@H](C=C)O[C@@H]21. The zero-order valence-electron chi connectivity index (χ0n) is 11.6. The average molecular weight is 319 g/mol. The monoisotopic (exact) mass is 318 g/mol. The van der Waals surface area contributed by atoms with Crippen molar-refractivity contribution in [2.24, 2.45) is 0 Å². The molecule has 0 bridgehead atoms. The van der Waals surface area contributed by atoms with Crippen molar-refractivity contribution in [2.45, 2.75) is 43.3 Å². The fourth-order valence-corrected chi connectivity index (χ4v) is 2.82. The van der Waals surface area contributed by atoms with E-state index in [-0.39, 0.29) is 24.4 Å². The van der Waals surface area contributed by atoms with Gasteiger partial charge < -0.3 is 28.4 Å². The van der Waals surface area contributed by atoms with E-state index in [0.29, 0.717) is 19.1 Å². The van der Waals surface area contributed by atoms with Crippen LogP contribution in [0, 0.1) is 0 Å². The number of alkyl halides is 1. The average Bonchev–Trinajstić information content (AvgIpc) is 2.97. The first kappa shape index (κ1) is 15.4. The quantitative estimate of drug-likeness (QED) is 0.561. The third-order valence-electron chi connectivity index (χ3n) is 3.63. The van der Waals surface area contributed by atoms with Crippen LogP contribution < -0.4 is 0 Å². The molecule has 3 aliphatic rings. The predicted molar refractivity (Wildman–Crippen MR) is 73.9 cm³/mol. The fraction of sp³-hybridized carbons (Fsp3) is 0.714. The maximum absolute atomic E-state index is 5.89. The zero-order valence-corrected chi connectivity index (χ0v) is 12.3. The van der Waals surface area contributed by atoms with E-state index < -0.39 is 18.9 Å². The van der Waals surface area contributed by atoms with Crippen LogP contribution in [0.15, 0.2) is 25.3 Å². The Labute approximate surface area is 128 Å². The van der Waals surface area contributed by atoms with Gasteiger partial charge in [0.25, 0.3) is 0 Å². The summed E-state index contributed by atoms with van der Waals surface area (Å²) in [4.78, 5) is 0. The number of hydrogen-bond acceptors (Lipinski definition) is 6. The Morgan fingerprint density at radius 3 is 2.43 bits per heavy atom. The largest absolute Gasteiger partial charge is 0.349 e. The first-order valence-electron chi connectivity index (χ1n) is 6.93. The van der Waals surface area contributed by atoms with Gasteiger partial charge in [-0.1, -0.05) is 13.2 Å². The highest BCUT2D eigenvalue weighted by Gasteiger charge is 2.55. The van der Waals surface area contributed by atoms with Crippen LogP contribution in [0.2, 0.25) is 0 Å². The molecule has 0 spiro atoms. The lowest BCUT2D eigenvalue weighted by Crippen LogP contribution is -2.62. The molecule has 3 aliphatic heterocycles. The lowest BCUT2D eigenvalue weighted by atomic mass is 9.98. The van der Waals surface area contributed by atoms with Gasteiger partial charge in [0.1, 0.15) is 24.4 Å². The van der Waals surface area contributed by atoms with Crippen molar-refractivity contribution in [3.8, 4) is 0 Å². The van der Waals surface area contributed by atoms with E-state index in [4.69, 9.17) is 40.0 Å². The van der Waals surface area contributed by atoms with Gasteiger partial charge in [-0.15, -0.1) is 11.6 Å². The highest BCUT2D eigenvalue weighted by molar-refractivity contribution is 6.17. The van der Waals surface area contributed by atoms with Crippen LogP contribution in [0.3, 0.4) is 0 Å². The molecule has 0 aliphatic carbocycles. The van der Waals surface area contributed by atoms with E-state index in [1.54, 1.807) is 12.2 Å². The van der Waals surface area contributed by atoms with Crippen LogP contribution in [-0.4, -0.2) is 62.4 Å². The Kier molecular flexibility index (Phi) is 4.96. The van der Waals surface area contributed by atoms with Gasteiger partial charge in [-0.05, 0) is 12.2 Å². The summed E-state index contributed by atoms with van der Waals surface area (Å²) in [6, 6.07) is 0. The number of hydrogen-bond donors (Lipinski definition) is 0. The highest BCUT2D eigenvalue weighted by Crippen LogP contribution is 2.37. The number of rotatable bonds is 5. The minimum absolute atomic E-state index is 0.282. The predicted octanol–water partition coefficient (Wildman–Crippen LogP) is 1.19. The Morgan fingerprint density at radius 1 is 1.00 bits per heavy atom. The Hall–Kier alpha value is -0.470. The second-order valence-corrected chi connectivity index (χ2v) is 5.32. The van der Waals surface area contributed by atoms with Crippen molar-refractivity contribution in [1.82, 2.24) is 0 Å². The summed E-state index contributed by atoms with van der Waals surface area (Å²) >= 11 is 5.67. The number of halogens is 1. The van der Waals surface area contributed by atoms with Crippen LogP contribution in [0.5, 0.6) is 0 Å². The van der Waals surface area contributed by atoms with E-state index in [9.17, 15) is 0 Å². The highest BCUT2D eigenvalue weighted by atomic mass is 35.5. The van der Waals surface area contributed by atoms with Gasteiger partial charge in [-0.3, -0.25) is 0 Å².